The van der Waals surface area contributed by atoms with Crippen LogP contribution in [0.2, 0.25) is 0 Å². The molecule has 2 aromatic heterocycles. The van der Waals surface area contributed by atoms with E-state index in [0.29, 0.717) is 17.4 Å². The van der Waals surface area contributed by atoms with Crippen molar-refractivity contribution in [2.75, 3.05) is 0 Å². The van der Waals surface area contributed by atoms with Crippen LogP contribution < -0.4 is 5.32 Å². The van der Waals surface area contributed by atoms with E-state index in [1.807, 2.05) is 6.07 Å². The molecule has 2 aromatic rings. The van der Waals surface area contributed by atoms with Crippen molar-refractivity contribution in [2.24, 2.45) is 0 Å². The van der Waals surface area contributed by atoms with Crippen molar-refractivity contribution in [1.29, 1.82) is 0 Å². The van der Waals surface area contributed by atoms with E-state index in [2.05, 4.69) is 20.4 Å². The first-order valence-electron chi connectivity index (χ1n) is 6.60. The third-order valence-electron chi connectivity index (χ3n) is 2.44. The second-order valence-electron chi connectivity index (χ2n) is 5.54. The van der Waals surface area contributed by atoms with Crippen molar-refractivity contribution < 1.29 is 14.1 Å². The molecule has 0 aliphatic rings. The molecule has 1 amide bonds. The summed E-state index contributed by atoms with van der Waals surface area (Å²) in [6, 6.07) is 4.96. The van der Waals surface area contributed by atoms with Gasteiger partial charge in [-0.2, -0.15) is 4.98 Å². The molecule has 7 heteroatoms. The SMILES string of the molecule is C[C@H](NC(=O)OC(C)(C)C)c1nc(-c2ccccn2)no1. The molecular weight excluding hydrogens is 272 g/mol. The Hall–Kier alpha value is -2.44. The summed E-state index contributed by atoms with van der Waals surface area (Å²) < 4.78 is 10.3. The lowest BCUT2D eigenvalue weighted by atomic mass is 10.2. The molecule has 0 fully saturated rings. The summed E-state index contributed by atoms with van der Waals surface area (Å²) >= 11 is 0. The minimum absolute atomic E-state index is 0.293. The van der Waals surface area contributed by atoms with Gasteiger partial charge in [-0.05, 0) is 39.8 Å². The summed E-state index contributed by atoms with van der Waals surface area (Å²) in [4.78, 5) is 20.0. The molecule has 0 aliphatic carbocycles. The number of carbonyl (C=O) groups excluding carboxylic acids is 1. The van der Waals surface area contributed by atoms with Gasteiger partial charge in [0.15, 0.2) is 0 Å². The van der Waals surface area contributed by atoms with Crippen molar-refractivity contribution in [3.05, 3.63) is 30.3 Å². The normalized spacial score (nSPS) is 12.8. The molecular formula is C14H18N4O3. The van der Waals surface area contributed by atoms with Crippen LogP contribution in [0, 0.1) is 0 Å². The van der Waals surface area contributed by atoms with Gasteiger partial charge in [0, 0.05) is 6.20 Å². The highest BCUT2D eigenvalue weighted by molar-refractivity contribution is 5.68. The third kappa shape index (κ3) is 4.27. The van der Waals surface area contributed by atoms with Crippen LogP contribution in [0.25, 0.3) is 11.5 Å². The van der Waals surface area contributed by atoms with Crippen LogP contribution >= 0.6 is 0 Å². The fourth-order valence-electron chi connectivity index (χ4n) is 1.56. The van der Waals surface area contributed by atoms with Crippen LogP contribution in [-0.4, -0.2) is 26.8 Å². The van der Waals surface area contributed by atoms with Gasteiger partial charge in [0.25, 0.3) is 0 Å². The molecule has 0 unspecified atom stereocenters. The summed E-state index contributed by atoms with van der Waals surface area (Å²) in [6.07, 6.45) is 1.11. The maximum Gasteiger partial charge on any atom is 0.408 e. The van der Waals surface area contributed by atoms with Crippen molar-refractivity contribution in [3.63, 3.8) is 0 Å². The van der Waals surface area contributed by atoms with Crippen molar-refractivity contribution in [2.45, 2.75) is 39.3 Å². The maximum absolute atomic E-state index is 11.7. The van der Waals surface area contributed by atoms with E-state index in [1.54, 1.807) is 46.0 Å². The Morgan fingerprint density at radius 1 is 1.38 bits per heavy atom. The Balaban J connectivity index is 2.03. The topological polar surface area (TPSA) is 90.1 Å². The molecule has 0 saturated heterocycles. The number of alkyl carbamates (subject to hydrolysis) is 1. The van der Waals surface area contributed by atoms with Crippen LogP contribution in [0.5, 0.6) is 0 Å². The van der Waals surface area contributed by atoms with Crippen LogP contribution in [0.3, 0.4) is 0 Å². The number of pyridine rings is 1. The smallest absolute Gasteiger partial charge is 0.408 e. The molecule has 0 spiro atoms. The maximum atomic E-state index is 11.7. The Morgan fingerprint density at radius 3 is 2.76 bits per heavy atom. The average Bonchev–Trinajstić information content (AvgIpc) is 2.87. The second kappa shape index (κ2) is 5.90. The van der Waals surface area contributed by atoms with E-state index in [0.717, 1.165) is 0 Å². The molecule has 0 radical (unpaired) electrons. The Bertz CT molecular complexity index is 604. The zero-order valence-electron chi connectivity index (χ0n) is 12.5. The number of nitrogens with one attached hydrogen (secondary N) is 1. The van der Waals surface area contributed by atoms with E-state index in [9.17, 15) is 4.79 Å². The quantitative estimate of drug-likeness (QED) is 0.934. The van der Waals surface area contributed by atoms with E-state index < -0.39 is 17.7 Å². The first kappa shape index (κ1) is 15.0. The average molecular weight is 290 g/mol. The molecule has 1 atom stereocenters. The molecule has 21 heavy (non-hydrogen) atoms. The molecule has 7 nitrogen and oxygen atoms in total. The number of amides is 1. The van der Waals surface area contributed by atoms with Crippen molar-refractivity contribution in [1.82, 2.24) is 20.4 Å². The van der Waals surface area contributed by atoms with Crippen LogP contribution in [0.4, 0.5) is 4.79 Å². The third-order valence-corrected chi connectivity index (χ3v) is 2.44. The molecule has 112 valence electrons. The summed E-state index contributed by atoms with van der Waals surface area (Å²) in [5.41, 5.74) is 0.0505. The Morgan fingerprint density at radius 2 is 2.14 bits per heavy atom. The number of ether oxygens (including phenoxy) is 1. The van der Waals surface area contributed by atoms with Gasteiger partial charge in [-0.1, -0.05) is 11.2 Å². The minimum Gasteiger partial charge on any atom is -0.444 e. The first-order valence-corrected chi connectivity index (χ1v) is 6.60. The lowest BCUT2D eigenvalue weighted by Gasteiger charge is -2.20. The second-order valence-corrected chi connectivity index (χ2v) is 5.54. The van der Waals surface area contributed by atoms with Gasteiger partial charge in [-0.25, -0.2) is 4.79 Å². The lowest BCUT2D eigenvalue weighted by molar-refractivity contribution is 0.0499. The number of aromatic nitrogens is 3. The lowest BCUT2D eigenvalue weighted by Crippen LogP contribution is -2.34. The van der Waals surface area contributed by atoms with Gasteiger partial charge in [0.2, 0.25) is 11.7 Å². The minimum atomic E-state index is -0.558. The molecule has 0 aromatic carbocycles. The van der Waals surface area contributed by atoms with Gasteiger partial charge in [-0.3, -0.25) is 4.98 Å². The monoisotopic (exact) mass is 290 g/mol. The number of hydrogen-bond donors (Lipinski definition) is 1. The molecule has 0 bridgehead atoms. The summed E-state index contributed by atoms with van der Waals surface area (Å²) in [7, 11) is 0. The molecule has 2 rings (SSSR count). The highest BCUT2D eigenvalue weighted by atomic mass is 16.6. The number of hydrogen-bond acceptors (Lipinski definition) is 6. The van der Waals surface area contributed by atoms with E-state index in [4.69, 9.17) is 9.26 Å². The van der Waals surface area contributed by atoms with Crippen molar-refractivity contribution >= 4 is 6.09 Å². The fourth-order valence-corrected chi connectivity index (χ4v) is 1.56. The Kier molecular flexibility index (Phi) is 4.21. The van der Waals surface area contributed by atoms with Crippen LogP contribution in [0.1, 0.15) is 39.6 Å². The number of nitrogens with zero attached hydrogens (tertiary/aromatic N) is 3. The highest BCUT2D eigenvalue weighted by Gasteiger charge is 2.21. The van der Waals surface area contributed by atoms with E-state index >= 15 is 0 Å². The van der Waals surface area contributed by atoms with Crippen molar-refractivity contribution in [3.8, 4) is 11.5 Å². The van der Waals surface area contributed by atoms with E-state index in [1.165, 1.54) is 0 Å². The molecule has 1 N–H and O–H groups in total. The van der Waals surface area contributed by atoms with E-state index in [-0.39, 0.29) is 0 Å². The summed E-state index contributed by atoms with van der Waals surface area (Å²) in [5, 5.41) is 6.49. The molecule has 0 aliphatic heterocycles. The first-order chi connectivity index (χ1) is 9.85. The van der Waals surface area contributed by atoms with Crippen LogP contribution in [0.15, 0.2) is 28.9 Å². The predicted octanol–water partition coefficient (Wildman–Crippen LogP) is 2.72. The fraction of sp³-hybridized carbons (Fsp3) is 0.429. The number of carbonyl (C=O) groups is 1. The highest BCUT2D eigenvalue weighted by Crippen LogP contribution is 2.17. The summed E-state index contributed by atoms with van der Waals surface area (Å²) in [5.74, 6) is 0.671. The Labute approximate surface area is 122 Å². The molecule has 2 heterocycles. The van der Waals surface area contributed by atoms with Gasteiger partial charge in [-0.15, -0.1) is 0 Å². The van der Waals surface area contributed by atoms with Gasteiger partial charge in [0.05, 0.1) is 0 Å². The predicted molar refractivity (Wildman–Crippen MR) is 75.3 cm³/mol. The largest absolute Gasteiger partial charge is 0.444 e. The van der Waals surface area contributed by atoms with Gasteiger partial charge in [0.1, 0.15) is 17.3 Å². The summed E-state index contributed by atoms with van der Waals surface area (Å²) in [6.45, 7) is 7.12. The standard InChI is InChI=1S/C14H18N4O3/c1-9(16-13(19)20-14(2,3)4)12-17-11(18-21-12)10-7-5-6-8-15-10/h5-9H,1-4H3,(H,16,19)/t9-/m0/s1. The zero-order chi connectivity index (χ0) is 15.5. The van der Waals surface area contributed by atoms with Gasteiger partial charge < -0.3 is 14.6 Å². The molecule has 0 saturated carbocycles. The van der Waals surface area contributed by atoms with Crippen LogP contribution in [-0.2, 0) is 4.74 Å². The number of rotatable bonds is 3. The van der Waals surface area contributed by atoms with Gasteiger partial charge >= 0.3 is 6.09 Å². The zero-order valence-corrected chi connectivity index (χ0v) is 12.5.